The highest BCUT2D eigenvalue weighted by atomic mass is 15.0. The summed E-state index contributed by atoms with van der Waals surface area (Å²) in [6.07, 6.45) is 5.47. The lowest BCUT2D eigenvalue weighted by Crippen LogP contribution is -2.41. The van der Waals surface area contributed by atoms with Gasteiger partial charge in [-0.05, 0) is 58.5 Å². The van der Waals surface area contributed by atoms with Gasteiger partial charge >= 0.3 is 0 Å². The van der Waals surface area contributed by atoms with E-state index in [0.29, 0.717) is 5.54 Å². The summed E-state index contributed by atoms with van der Waals surface area (Å²) in [5.41, 5.74) is 0.522. The summed E-state index contributed by atoms with van der Waals surface area (Å²) >= 11 is 0. The standard InChI is InChI=1S/C11H22N2/c1-9-7-10(3-6-12-9)8-13-11(2)4-5-11/h9-10,12-13H,3-8H2,1-2H3. The molecule has 2 fully saturated rings. The van der Waals surface area contributed by atoms with E-state index in [4.69, 9.17) is 0 Å². The largest absolute Gasteiger partial charge is 0.314 e. The Morgan fingerprint density at radius 1 is 1.46 bits per heavy atom. The van der Waals surface area contributed by atoms with Gasteiger partial charge in [-0.2, -0.15) is 0 Å². The minimum Gasteiger partial charge on any atom is -0.314 e. The summed E-state index contributed by atoms with van der Waals surface area (Å²) in [5, 5.41) is 7.19. The van der Waals surface area contributed by atoms with E-state index in [1.165, 1.54) is 38.8 Å². The van der Waals surface area contributed by atoms with Crippen LogP contribution >= 0.6 is 0 Å². The summed E-state index contributed by atoms with van der Waals surface area (Å²) < 4.78 is 0. The van der Waals surface area contributed by atoms with Crippen molar-refractivity contribution < 1.29 is 0 Å². The second-order valence-corrected chi connectivity index (χ2v) is 5.19. The third-order valence-electron chi connectivity index (χ3n) is 3.55. The molecular weight excluding hydrogens is 160 g/mol. The Hall–Kier alpha value is -0.0800. The van der Waals surface area contributed by atoms with Gasteiger partial charge in [-0.3, -0.25) is 0 Å². The molecular formula is C11H22N2. The molecule has 0 amide bonds. The van der Waals surface area contributed by atoms with Gasteiger partial charge in [0.05, 0.1) is 0 Å². The lowest BCUT2D eigenvalue weighted by atomic mass is 9.93. The van der Waals surface area contributed by atoms with E-state index in [9.17, 15) is 0 Å². The van der Waals surface area contributed by atoms with Crippen LogP contribution in [0.1, 0.15) is 39.5 Å². The van der Waals surface area contributed by atoms with Crippen molar-refractivity contribution in [3.8, 4) is 0 Å². The van der Waals surface area contributed by atoms with E-state index in [2.05, 4.69) is 24.5 Å². The minimum absolute atomic E-state index is 0.522. The minimum atomic E-state index is 0.522. The molecule has 2 rings (SSSR count). The van der Waals surface area contributed by atoms with Crippen molar-refractivity contribution >= 4 is 0 Å². The zero-order chi connectivity index (χ0) is 9.31. The Morgan fingerprint density at radius 2 is 2.23 bits per heavy atom. The van der Waals surface area contributed by atoms with Gasteiger partial charge in [-0.25, -0.2) is 0 Å². The molecule has 76 valence electrons. The topological polar surface area (TPSA) is 24.1 Å². The first kappa shape index (κ1) is 9.47. The third-order valence-corrected chi connectivity index (χ3v) is 3.55. The molecule has 0 aromatic carbocycles. The van der Waals surface area contributed by atoms with E-state index in [1.54, 1.807) is 0 Å². The Balaban J connectivity index is 1.68. The predicted molar refractivity (Wildman–Crippen MR) is 55.8 cm³/mol. The van der Waals surface area contributed by atoms with Crippen LogP contribution in [0.4, 0.5) is 0 Å². The van der Waals surface area contributed by atoms with E-state index in [1.807, 2.05) is 0 Å². The van der Waals surface area contributed by atoms with Gasteiger partial charge in [0.2, 0.25) is 0 Å². The van der Waals surface area contributed by atoms with Crippen molar-refractivity contribution in [1.29, 1.82) is 0 Å². The molecule has 2 nitrogen and oxygen atoms in total. The van der Waals surface area contributed by atoms with Gasteiger partial charge in [0.25, 0.3) is 0 Å². The van der Waals surface area contributed by atoms with Crippen LogP contribution in [-0.2, 0) is 0 Å². The Morgan fingerprint density at radius 3 is 2.85 bits per heavy atom. The Bertz CT molecular complexity index is 175. The lowest BCUT2D eigenvalue weighted by molar-refractivity contribution is 0.294. The number of nitrogens with one attached hydrogen (secondary N) is 2. The van der Waals surface area contributed by atoms with Crippen molar-refractivity contribution in [2.75, 3.05) is 13.1 Å². The maximum atomic E-state index is 3.70. The maximum Gasteiger partial charge on any atom is 0.0154 e. The van der Waals surface area contributed by atoms with Crippen molar-refractivity contribution in [2.24, 2.45) is 5.92 Å². The van der Waals surface area contributed by atoms with Gasteiger partial charge in [-0.1, -0.05) is 0 Å². The summed E-state index contributed by atoms with van der Waals surface area (Å²) in [7, 11) is 0. The van der Waals surface area contributed by atoms with Crippen molar-refractivity contribution in [3.63, 3.8) is 0 Å². The first-order valence-corrected chi connectivity index (χ1v) is 5.66. The highest BCUT2D eigenvalue weighted by Gasteiger charge is 2.37. The average molecular weight is 182 g/mol. The molecule has 13 heavy (non-hydrogen) atoms. The van der Waals surface area contributed by atoms with Crippen LogP contribution in [-0.4, -0.2) is 24.7 Å². The molecule has 1 heterocycles. The van der Waals surface area contributed by atoms with Crippen LogP contribution in [0.2, 0.25) is 0 Å². The summed E-state index contributed by atoms with van der Waals surface area (Å²) in [4.78, 5) is 0. The molecule has 0 radical (unpaired) electrons. The van der Waals surface area contributed by atoms with E-state index in [0.717, 1.165) is 12.0 Å². The summed E-state index contributed by atoms with van der Waals surface area (Å²) in [5.74, 6) is 0.911. The van der Waals surface area contributed by atoms with Gasteiger partial charge in [-0.15, -0.1) is 0 Å². The normalized spacial score (nSPS) is 37.4. The number of rotatable bonds is 3. The van der Waals surface area contributed by atoms with Crippen LogP contribution in [0.3, 0.4) is 0 Å². The second-order valence-electron chi connectivity index (χ2n) is 5.19. The first-order chi connectivity index (χ1) is 6.18. The molecule has 1 aliphatic carbocycles. The zero-order valence-corrected chi connectivity index (χ0v) is 8.90. The predicted octanol–water partition coefficient (Wildman–Crippen LogP) is 1.52. The van der Waals surface area contributed by atoms with Gasteiger partial charge in [0.15, 0.2) is 0 Å². The molecule has 0 bridgehead atoms. The monoisotopic (exact) mass is 182 g/mol. The number of hydrogen-bond acceptors (Lipinski definition) is 2. The third kappa shape index (κ3) is 2.68. The van der Waals surface area contributed by atoms with Crippen LogP contribution in [0.5, 0.6) is 0 Å². The average Bonchev–Trinajstić information content (AvgIpc) is 2.82. The number of piperidine rings is 1. The highest BCUT2D eigenvalue weighted by molar-refractivity contribution is 4.97. The van der Waals surface area contributed by atoms with Crippen LogP contribution < -0.4 is 10.6 Å². The highest BCUT2D eigenvalue weighted by Crippen LogP contribution is 2.34. The van der Waals surface area contributed by atoms with Gasteiger partial charge in [0, 0.05) is 11.6 Å². The quantitative estimate of drug-likeness (QED) is 0.691. The van der Waals surface area contributed by atoms with Crippen molar-refractivity contribution in [3.05, 3.63) is 0 Å². The van der Waals surface area contributed by atoms with Crippen molar-refractivity contribution in [2.45, 2.75) is 51.1 Å². The maximum absolute atomic E-state index is 3.70. The fraction of sp³-hybridized carbons (Fsp3) is 1.00. The molecule has 2 N–H and O–H groups in total. The van der Waals surface area contributed by atoms with E-state index >= 15 is 0 Å². The van der Waals surface area contributed by atoms with Crippen LogP contribution in [0, 0.1) is 5.92 Å². The van der Waals surface area contributed by atoms with Crippen molar-refractivity contribution in [1.82, 2.24) is 10.6 Å². The smallest absolute Gasteiger partial charge is 0.0154 e. The molecule has 2 unspecified atom stereocenters. The first-order valence-electron chi connectivity index (χ1n) is 5.66. The molecule has 1 aliphatic heterocycles. The Labute approximate surface area is 81.5 Å². The fourth-order valence-corrected chi connectivity index (χ4v) is 2.18. The molecule has 2 aliphatic rings. The van der Waals surface area contributed by atoms with E-state index < -0.39 is 0 Å². The molecule has 1 saturated heterocycles. The van der Waals surface area contributed by atoms with E-state index in [-0.39, 0.29) is 0 Å². The van der Waals surface area contributed by atoms with Gasteiger partial charge < -0.3 is 10.6 Å². The molecule has 0 aromatic heterocycles. The molecule has 2 heteroatoms. The fourth-order valence-electron chi connectivity index (χ4n) is 2.18. The number of hydrogen-bond donors (Lipinski definition) is 2. The van der Waals surface area contributed by atoms with Gasteiger partial charge in [0.1, 0.15) is 0 Å². The molecule has 1 saturated carbocycles. The van der Waals surface area contributed by atoms with Crippen LogP contribution in [0.15, 0.2) is 0 Å². The lowest BCUT2D eigenvalue weighted by Gasteiger charge is -2.29. The Kier molecular flexibility index (Phi) is 2.61. The summed E-state index contributed by atoms with van der Waals surface area (Å²) in [6.45, 7) is 7.09. The molecule has 0 spiro atoms. The molecule has 2 atom stereocenters. The second kappa shape index (κ2) is 3.58. The zero-order valence-electron chi connectivity index (χ0n) is 8.90. The van der Waals surface area contributed by atoms with Crippen LogP contribution in [0.25, 0.3) is 0 Å². The summed E-state index contributed by atoms with van der Waals surface area (Å²) in [6, 6.07) is 0.729. The molecule has 0 aromatic rings. The SMILES string of the molecule is CC1CC(CNC2(C)CC2)CCN1.